The molecule has 4 aromatic carbocycles. The standard InChI is InChI=1S/C58H72O10/c1-15-19-23-35-39-31-43-44(32-40(39)36(24-20-16-2)48(52(60)66-12)47(35)51(59)65-11)58(64,30-28-56(8,9)10)46-34-42-38(26-22-18-4)50(54(62)68-14)49(53(61)67-13)37(25-21-17-3)41(42)33-45(46)57(43,63)29-27-55(5,6)7/h31-34,63-64H,15-26H2,1-14H3. The maximum atomic E-state index is 14.1. The SMILES string of the molecule is CCCCc1c(C(=O)OC)c(C(=O)OC)c(CCCC)c2cc3c(cc12)C(O)(C#CC(C)(C)C)c1cc2c(CCCC)c(C(=O)OC)c(C(=O)OC)c(CCCC)c2cc1C3(O)C#CC(C)(C)C. The third-order valence-corrected chi connectivity index (χ3v) is 12.8. The van der Waals surface area contributed by atoms with Gasteiger partial charge in [-0.1, -0.05) is 77.1 Å². The first kappa shape index (κ1) is 53.3. The molecular formula is C58H72O10. The van der Waals surface area contributed by atoms with E-state index in [0.717, 1.165) is 25.7 Å². The van der Waals surface area contributed by atoms with Crippen LogP contribution >= 0.6 is 0 Å². The van der Waals surface area contributed by atoms with Gasteiger partial charge in [-0.3, -0.25) is 0 Å². The molecule has 364 valence electrons. The monoisotopic (exact) mass is 929 g/mol. The molecule has 1 aliphatic rings. The number of ether oxygens (including phenoxy) is 4. The third kappa shape index (κ3) is 10.2. The molecule has 0 unspecified atom stereocenters. The van der Waals surface area contributed by atoms with Crippen molar-refractivity contribution in [3.8, 4) is 23.7 Å². The number of unbranched alkanes of at least 4 members (excludes halogenated alkanes) is 4. The van der Waals surface area contributed by atoms with E-state index in [1.165, 1.54) is 28.4 Å². The van der Waals surface area contributed by atoms with E-state index >= 15 is 0 Å². The van der Waals surface area contributed by atoms with Crippen molar-refractivity contribution in [1.82, 2.24) is 0 Å². The molecule has 0 amide bonds. The van der Waals surface area contributed by atoms with Crippen molar-refractivity contribution in [3.63, 3.8) is 0 Å². The highest BCUT2D eigenvalue weighted by Gasteiger charge is 2.50. The van der Waals surface area contributed by atoms with Gasteiger partial charge in [-0.05, 0) is 161 Å². The predicted molar refractivity (Wildman–Crippen MR) is 268 cm³/mol. The van der Waals surface area contributed by atoms with Crippen molar-refractivity contribution in [2.75, 3.05) is 28.4 Å². The number of hydrogen-bond donors (Lipinski definition) is 2. The van der Waals surface area contributed by atoms with Crippen LogP contribution in [0.2, 0.25) is 0 Å². The Hall–Kier alpha value is -5.68. The molecule has 5 rings (SSSR count). The molecular weight excluding hydrogens is 857 g/mol. The van der Waals surface area contributed by atoms with Crippen LogP contribution in [0.1, 0.15) is 207 Å². The molecule has 0 heterocycles. The molecule has 0 bridgehead atoms. The summed E-state index contributed by atoms with van der Waals surface area (Å²) in [5.41, 5.74) is -1.83. The number of aliphatic hydroxyl groups is 2. The van der Waals surface area contributed by atoms with Crippen molar-refractivity contribution >= 4 is 45.4 Å². The Morgan fingerprint density at radius 2 is 0.647 bits per heavy atom. The number of hydrogen-bond acceptors (Lipinski definition) is 10. The Labute approximate surface area is 403 Å². The average Bonchev–Trinajstić information content (AvgIpc) is 3.31. The van der Waals surface area contributed by atoms with Gasteiger partial charge in [-0.15, -0.1) is 0 Å². The summed E-state index contributed by atoms with van der Waals surface area (Å²) >= 11 is 0. The highest BCUT2D eigenvalue weighted by Crippen LogP contribution is 2.52. The molecule has 68 heavy (non-hydrogen) atoms. The molecule has 0 atom stereocenters. The molecule has 0 saturated carbocycles. The van der Waals surface area contributed by atoms with E-state index in [2.05, 4.69) is 23.7 Å². The number of fused-ring (bicyclic) bond motifs is 4. The van der Waals surface area contributed by atoms with Crippen LogP contribution in [0.15, 0.2) is 24.3 Å². The summed E-state index contributed by atoms with van der Waals surface area (Å²) in [7, 11) is 5.14. The van der Waals surface area contributed by atoms with Gasteiger partial charge < -0.3 is 29.2 Å². The van der Waals surface area contributed by atoms with Gasteiger partial charge in [0.2, 0.25) is 0 Å². The number of carbonyl (C=O) groups is 4. The minimum atomic E-state index is -2.13. The smallest absolute Gasteiger partial charge is 0.339 e. The second-order valence-electron chi connectivity index (χ2n) is 20.1. The molecule has 10 heteroatoms. The van der Waals surface area contributed by atoms with Crippen molar-refractivity contribution in [1.29, 1.82) is 0 Å². The summed E-state index contributed by atoms with van der Waals surface area (Å²) < 4.78 is 21.7. The van der Waals surface area contributed by atoms with E-state index in [0.29, 0.717) is 95.2 Å². The number of aryl methyl sites for hydroxylation is 4. The Kier molecular flexibility index (Phi) is 16.7. The van der Waals surface area contributed by atoms with Crippen LogP contribution < -0.4 is 0 Å². The van der Waals surface area contributed by atoms with E-state index in [-0.39, 0.29) is 44.5 Å². The van der Waals surface area contributed by atoms with Gasteiger partial charge in [-0.25, -0.2) is 19.2 Å². The van der Waals surface area contributed by atoms with Crippen LogP contribution in [0, 0.1) is 34.5 Å². The normalized spacial score (nSPS) is 16.5. The van der Waals surface area contributed by atoms with E-state index < -0.39 is 45.9 Å². The van der Waals surface area contributed by atoms with Crippen molar-refractivity contribution in [2.24, 2.45) is 10.8 Å². The summed E-state index contributed by atoms with van der Waals surface area (Å²) in [6.07, 6.45) is 7.26. The lowest BCUT2D eigenvalue weighted by molar-refractivity contribution is 0.0553. The van der Waals surface area contributed by atoms with E-state index in [9.17, 15) is 29.4 Å². The Morgan fingerprint density at radius 3 is 0.809 bits per heavy atom. The molecule has 1 aliphatic carbocycles. The van der Waals surface area contributed by atoms with Crippen LogP contribution in [0.5, 0.6) is 0 Å². The molecule has 0 saturated heterocycles. The van der Waals surface area contributed by atoms with Crippen LogP contribution in [-0.2, 0) is 55.8 Å². The summed E-state index contributed by atoms with van der Waals surface area (Å²) in [6, 6.07) is 7.27. The fraction of sp³-hybridized carbons (Fsp3) is 0.517. The maximum absolute atomic E-state index is 14.1. The summed E-state index contributed by atoms with van der Waals surface area (Å²) in [5.74, 6) is 10.5. The molecule has 0 aromatic heterocycles. The average molecular weight is 929 g/mol. The fourth-order valence-corrected chi connectivity index (χ4v) is 9.42. The van der Waals surface area contributed by atoms with Gasteiger partial charge in [0, 0.05) is 33.1 Å². The van der Waals surface area contributed by atoms with Crippen LogP contribution in [-0.4, -0.2) is 62.5 Å². The van der Waals surface area contributed by atoms with Gasteiger partial charge in [0.15, 0.2) is 11.2 Å². The second kappa shape index (κ2) is 21.3. The zero-order valence-corrected chi connectivity index (χ0v) is 43.0. The Morgan fingerprint density at radius 1 is 0.441 bits per heavy atom. The molecule has 4 aromatic rings. The molecule has 2 N–H and O–H groups in total. The number of esters is 4. The van der Waals surface area contributed by atoms with Crippen LogP contribution in [0.25, 0.3) is 21.5 Å². The quantitative estimate of drug-likeness (QED) is 0.0632. The van der Waals surface area contributed by atoms with Crippen LogP contribution in [0.3, 0.4) is 0 Å². The molecule has 0 spiro atoms. The van der Waals surface area contributed by atoms with Gasteiger partial charge in [0.1, 0.15) is 0 Å². The first-order valence-electron chi connectivity index (χ1n) is 24.3. The second-order valence-corrected chi connectivity index (χ2v) is 20.1. The van der Waals surface area contributed by atoms with E-state index in [1.807, 2.05) is 93.5 Å². The number of carbonyl (C=O) groups excluding carboxylic acids is 4. The zero-order valence-electron chi connectivity index (χ0n) is 43.0. The van der Waals surface area contributed by atoms with E-state index in [4.69, 9.17) is 18.9 Å². The number of benzene rings is 4. The lowest BCUT2D eigenvalue weighted by Crippen LogP contribution is -2.42. The lowest BCUT2D eigenvalue weighted by atomic mass is 9.65. The summed E-state index contributed by atoms with van der Waals surface area (Å²) in [5, 5.41) is 30.2. The topological polar surface area (TPSA) is 146 Å². The minimum absolute atomic E-state index is 0.109. The largest absolute Gasteiger partial charge is 0.465 e. The fourth-order valence-electron chi connectivity index (χ4n) is 9.42. The zero-order chi connectivity index (χ0) is 50.5. The van der Waals surface area contributed by atoms with Gasteiger partial charge in [0.05, 0.1) is 50.7 Å². The Balaban J connectivity index is 2.24. The van der Waals surface area contributed by atoms with Crippen LogP contribution in [0.4, 0.5) is 0 Å². The minimum Gasteiger partial charge on any atom is -0.465 e. The van der Waals surface area contributed by atoms with Gasteiger partial charge >= 0.3 is 23.9 Å². The van der Waals surface area contributed by atoms with Crippen molar-refractivity contribution < 1.29 is 48.3 Å². The molecule has 0 radical (unpaired) electrons. The Bertz CT molecular complexity index is 2420. The number of methoxy groups -OCH3 is 4. The van der Waals surface area contributed by atoms with Gasteiger partial charge in [0.25, 0.3) is 0 Å². The molecule has 10 nitrogen and oxygen atoms in total. The number of rotatable bonds is 16. The predicted octanol–water partition coefficient (Wildman–Crippen LogP) is 11.4. The van der Waals surface area contributed by atoms with Crippen molar-refractivity contribution in [3.05, 3.63) is 91.0 Å². The van der Waals surface area contributed by atoms with E-state index in [1.54, 1.807) is 0 Å². The van der Waals surface area contributed by atoms with Crippen molar-refractivity contribution in [2.45, 2.75) is 157 Å². The maximum Gasteiger partial charge on any atom is 0.339 e. The molecule has 0 fully saturated rings. The van der Waals surface area contributed by atoms with Gasteiger partial charge in [-0.2, -0.15) is 0 Å². The third-order valence-electron chi connectivity index (χ3n) is 12.8. The lowest BCUT2D eigenvalue weighted by Gasteiger charge is -2.41. The summed E-state index contributed by atoms with van der Waals surface area (Å²) in [4.78, 5) is 56.3. The highest BCUT2D eigenvalue weighted by molar-refractivity contribution is 6.13. The first-order chi connectivity index (χ1) is 32.1. The highest BCUT2D eigenvalue weighted by atomic mass is 16.5. The first-order valence-corrected chi connectivity index (χ1v) is 24.3. The summed E-state index contributed by atoms with van der Waals surface area (Å²) in [6.45, 7) is 19.8. The molecule has 0 aliphatic heterocycles.